The molecule has 2 rings (SSSR count). The number of rotatable bonds is 1. The molecule has 1 aromatic rings. The molecule has 0 spiro atoms. The Morgan fingerprint density at radius 1 is 1.45 bits per heavy atom. The first-order valence-corrected chi connectivity index (χ1v) is 4.53. The third-order valence-corrected chi connectivity index (χ3v) is 2.98. The van der Waals surface area contributed by atoms with E-state index in [0.717, 1.165) is 17.8 Å². The zero-order valence-corrected chi connectivity index (χ0v) is 6.97. The molecule has 0 saturated heterocycles. The maximum Gasteiger partial charge on any atom is 0.113 e. The average molecular weight is 166 g/mol. The summed E-state index contributed by atoms with van der Waals surface area (Å²) in [6.07, 6.45) is 7.93. The average Bonchev–Trinajstić information content (AvgIpc) is 2.55. The van der Waals surface area contributed by atoms with Crippen molar-refractivity contribution in [3.05, 3.63) is 28.7 Å². The number of aromatic nitrogens is 1. The summed E-state index contributed by atoms with van der Waals surface area (Å²) in [6.45, 7) is 0. The molecule has 1 aliphatic rings. The topological polar surface area (TPSA) is 38.9 Å². The fourth-order valence-electron chi connectivity index (χ4n) is 1.31. The zero-order valence-electron chi connectivity index (χ0n) is 6.16. The van der Waals surface area contributed by atoms with Gasteiger partial charge in [-0.3, -0.25) is 0 Å². The lowest BCUT2D eigenvalue weighted by molar-refractivity contribution is 0.477. The zero-order chi connectivity index (χ0) is 7.73. The largest absolute Gasteiger partial charge is 0.319 e. The van der Waals surface area contributed by atoms with E-state index in [1.165, 1.54) is 0 Å². The van der Waals surface area contributed by atoms with Crippen LogP contribution in [0.1, 0.15) is 17.8 Å². The Balaban J connectivity index is 2.29. The standard InChI is InChI=1S/C8H10N2S/c9-8(3-1-2-4-8)7-10-5-6-11-7/h1-2,5-6H,3-4,9H2. The van der Waals surface area contributed by atoms with Crippen molar-refractivity contribution in [2.75, 3.05) is 0 Å². The van der Waals surface area contributed by atoms with Crippen LogP contribution in [-0.4, -0.2) is 4.98 Å². The molecule has 1 heterocycles. The van der Waals surface area contributed by atoms with Gasteiger partial charge < -0.3 is 5.73 Å². The van der Waals surface area contributed by atoms with Crippen LogP contribution < -0.4 is 5.73 Å². The summed E-state index contributed by atoms with van der Waals surface area (Å²) >= 11 is 1.64. The van der Waals surface area contributed by atoms with Gasteiger partial charge in [0.2, 0.25) is 0 Å². The molecule has 0 bridgehead atoms. The first-order chi connectivity index (χ1) is 5.31. The highest BCUT2D eigenvalue weighted by atomic mass is 32.1. The summed E-state index contributed by atoms with van der Waals surface area (Å²) in [5.41, 5.74) is 5.92. The normalized spacial score (nSPS) is 20.8. The highest BCUT2D eigenvalue weighted by Gasteiger charge is 2.30. The molecule has 11 heavy (non-hydrogen) atoms. The first-order valence-electron chi connectivity index (χ1n) is 3.65. The molecule has 1 aliphatic carbocycles. The summed E-state index contributed by atoms with van der Waals surface area (Å²) in [5.74, 6) is 0. The monoisotopic (exact) mass is 166 g/mol. The second-order valence-electron chi connectivity index (χ2n) is 2.87. The minimum absolute atomic E-state index is 0.186. The van der Waals surface area contributed by atoms with Crippen LogP contribution >= 0.6 is 11.3 Å². The molecule has 0 atom stereocenters. The smallest absolute Gasteiger partial charge is 0.113 e. The van der Waals surface area contributed by atoms with E-state index in [4.69, 9.17) is 5.73 Å². The predicted molar refractivity (Wildman–Crippen MR) is 46.4 cm³/mol. The molecule has 0 unspecified atom stereocenters. The van der Waals surface area contributed by atoms with Crippen molar-refractivity contribution in [2.24, 2.45) is 5.73 Å². The fourth-order valence-corrected chi connectivity index (χ4v) is 2.09. The number of thiazole rings is 1. The molecule has 0 amide bonds. The third kappa shape index (κ3) is 1.10. The Hall–Kier alpha value is -0.670. The van der Waals surface area contributed by atoms with Crippen molar-refractivity contribution in [1.82, 2.24) is 4.98 Å². The summed E-state index contributed by atoms with van der Waals surface area (Å²) in [7, 11) is 0. The van der Waals surface area contributed by atoms with Gasteiger partial charge in [0.25, 0.3) is 0 Å². The minimum atomic E-state index is -0.186. The maximum atomic E-state index is 6.11. The summed E-state index contributed by atoms with van der Waals surface area (Å²) in [6, 6.07) is 0. The lowest BCUT2D eigenvalue weighted by Gasteiger charge is -2.19. The molecule has 0 radical (unpaired) electrons. The van der Waals surface area contributed by atoms with Crippen LogP contribution in [0.15, 0.2) is 23.7 Å². The Bertz CT molecular complexity index is 256. The minimum Gasteiger partial charge on any atom is -0.319 e. The van der Waals surface area contributed by atoms with E-state index in [0.29, 0.717) is 0 Å². The molecule has 3 heteroatoms. The Morgan fingerprint density at radius 2 is 2.18 bits per heavy atom. The summed E-state index contributed by atoms with van der Waals surface area (Å²) < 4.78 is 0. The van der Waals surface area contributed by atoms with Gasteiger partial charge in [0.1, 0.15) is 5.01 Å². The number of nitrogens with two attached hydrogens (primary N) is 1. The molecule has 2 nitrogen and oxygen atoms in total. The molecule has 58 valence electrons. The van der Waals surface area contributed by atoms with Crippen molar-refractivity contribution in [2.45, 2.75) is 18.4 Å². The molecular weight excluding hydrogens is 156 g/mol. The van der Waals surface area contributed by atoms with Gasteiger partial charge in [-0.15, -0.1) is 11.3 Å². The number of hydrogen-bond acceptors (Lipinski definition) is 3. The van der Waals surface area contributed by atoms with Crippen molar-refractivity contribution in [3.63, 3.8) is 0 Å². The van der Waals surface area contributed by atoms with Gasteiger partial charge in [-0.1, -0.05) is 12.2 Å². The molecule has 0 saturated carbocycles. The van der Waals surface area contributed by atoms with Gasteiger partial charge in [-0.25, -0.2) is 4.98 Å². The highest BCUT2D eigenvalue weighted by molar-refractivity contribution is 7.09. The van der Waals surface area contributed by atoms with Crippen LogP contribution in [0.2, 0.25) is 0 Å². The maximum absolute atomic E-state index is 6.11. The van der Waals surface area contributed by atoms with Crippen LogP contribution in [0.5, 0.6) is 0 Å². The first kappa shape index (κ1) is 7.00. The predicted octanol–water partition coefficient (Wildman–Crippen LogP) is 1.65. The van der Waals surface area contributed by atoms with Gasteiger partial charge in [-0.2, -0.15) is 0 Å². The summed E-state index contributed by atoms with van der Waals surface area (Å²) in [5, 5.41) is 3.03. The molecule has 0 aliphatic heterocycles. The highest BCUT2D eigenvalue weighted by Crippen LogP contribution is 2.32. The van der Waals surface area contributed by atoms with Crippen molar-refractivity contribution in [3.8, 4) is 0 Å². The molecule has 0 aromatic carbocycles. The van der Waals surface area contributed by atoms with Crippen LogP contribution in [0.3, 0.4) is 0 Å². The van der Waals surface area contributed by atoms with E-state index >= 15 is 0 Å². The lowest BCUT2D eigenvalue weighted by atomic mass is 10.00. The number of hydrogen-bond donors (Lipinski definition) is 1. The molecule has 0 fully saturated rings. The fraction of sp³-hybridized carbons (Fsp3) is 0.375. The van der Waals surface area contributed by atoms with E-state index in [9.17, 15) is 0 Å². The second kappa shape index (κ2) is 2.43. The van der Waals surface area contributed by atoms with E-state index in [-0.39, 0.29) is 5.54 Å². The van der Waals surface area contributed by atoms with Crippen molar-refractivity contribution in [1.29, 1.82) is 0 Å². The Labute approximate surface area is 69.8 Å². The second-order valence-corrected chi connectivity index (χ2v) is 3.77. The molecular formula is C8H10N2S. The quantitative estimate of drug-likeness (QED) is 0.644. The summed E-state index contributed by atoms with van der Waals surface area (Å²) in [4.78, 5) is 4.22. The van der Waals surface area contributed by atoms with Gasteiger partial charge in [0, 0.05) is 11.6 Å². The number of nitrogens with zero attached hydrogens (tertiary/aromatic N) is 1. The van der Waals surface area contributed by atoms with E-state index in [2.05, 4.69) is 17.1 Å². The van der Waals surface area contributed by atoms with Gasteiger partial charge >= 0.3 is 0 Å². The van der Waals surface area contributed by atoms with Crippen molar-refractivity contribution >= 4 is 11.3 Å². The van der Waals surface area contributed by atoms with Crippen LogP contribution in [0.25, 0.3) is 0 Å². The SMILES string of the molecule is NC1(c2nccs2)CC=CC1. The van der Waals surface area contributed by atoms with Gasteiger partial charge in [0.05, 0.1) is 5.54 Å². The van der Waals surface area contributed by atoms with E-state index < -0.39 is 0 Å². The lowest BCUT2D eigenvalue weighted by Crippen LogP contribution is -2.33. The van der Waals surface area contributed by atoms with Crippen LogP contribution in [-0.2, 0) is 5.54 Å². The van der Waals surface area contributed by atoms with Crippen LogP contribution in [0, 0.1) is 0 Å². The molecule has 1 aromatic heterocycles. The Kier molecular flexibility index (Phi) is 1.55. The third-order valence-electron chi connectivity index (χ3n) is 1.99. The molecule has 2 N–H and O–H groups in total. The van der Waals surface area contributed by atoms with Crippen LogP contribution in [0.4, 0.5) is 0 Å². The Morgan fingerprint density at radius 3 is 2.73 bits per heavy atom. The van der Waals surface area contributed by atoms with Gasteiger partial charge in [0.15, 0.2) is 0 Å². The van der Waals surface area contributed by atoms with E-state index in [1.54, 1.807) is 11.3 Å². The van der Waals surface area contributed by atoms with E-state index in [1.807, 2.05) is 11.6 Å². The van der Waals surface area contributed by atoms with Crippen molar-refractivity contribution < 1.29 is 0 Å². The van der Waals surface area contributed by atoms with Gasteiger partial charge in [-0.05, 0) is 12.8 Å².